The topological polar surface area (TPSA) is 91.8 Å². The fourth-order valence-corrected chi connectivity index (χ4v) is 1.55. The number of carboxylic acids is 1. The van der Waals surface area contributed by atoms with Crippen LogP contribution < -0.4 is 5.32 Å². The van der Waals surface area contributed by atoms with Crippen molar-refractivity contribution < 1.29 is 19.4 Å². The van der Waals surface area contributed by atoms with Crippen LogP contribution >= 0.6 is 0 Å². The lowest BCUT2D eigenvalue weighted by Crippen LogP contribution is -2.37. The van der Waals surface area contributed by atoms with Crippen molar-refractivity contribution in [2.75, 3.05) is 31.6 Å². The predicted octanol–water partition coefficient (Wildman–Crippen LogP) is 1.67. The van der Waals surface area contributed by atoms with Gasteiger partial charge in [-0.25, -0.2) is 9.59 Å². The van der Waals surface area contributed by atoms with Crippen molar-refractivity contribution in [3.8, 4) is 0 Å². The Balaban J connectivity index is 2.63. The van der Waals surface area contributed by atoms with E-state index in [2.05, 4.69) is 10.3 Å². The molecule has 0 radical (unpaired) electrons. The minimum absolute atomic E-state index is 0.0279. The third-order valence-corrected chi connectivity index (χ3v) is 2.62. The molecular weight excluding hydrogens is 262 g/mol. The van der Waals surface area contributed by atoms with E-state index in [0.29, 0.717) is 32.0 Å². The van der Waals surface area contributed by atoms with E-state index in [9.17, 15) is 9.59 Å². The van der Waals surface area contributed by atoms with Gasteiger partial charge in [0.05, 0.1) is 24.1 Å². The molecule has 2 N–H and O–H groups in total. The second kappa shape index (κ2) is 8.11. The summed E-state index contributed by atoms with van der Waals surface area (Å²) in [6, 6.07) is 1.06. The van der Waals surface area contributed by atoms with Crippen molar-refractivity contribution in [1.29, 1.82) is 0 Å². The number of aromatic nitrogens is 1. The van der Waals surface area contributed by atoms with Crippen LogP contribution in [0.3, 0.4) is 0 Å². The molecule has 7 nitrogen and oxygen atoms in total. The van der Waals surface area contributed by atoms with E-state index in [4.69, 9.17) is 9.84 Å². The molecule has 0 aromatic carbocycles. The Kier molecular flexibility index (Phi) is 6.45. The number of nitrogens with zero attached hydrogens (tertiary/aromatic N) is 2. The van der Waals surface area contributed by atoms with Crippen LogP contribution in [0.1, 0.15) is 24.2 Å². The highest BCUT2D eigenvalue weighted by atomic mass is 16.5. The number of carbonyl (C=O) groups is 2. The van der Waals surface area contributed by atoms with E-state index in [-0.39, 0.29) is 11.6 Å². The van der Waals surface area contributed by atoms with Crippen molar-refractivity contribution in [3.63, 3.8) is 0 Å². The van der Waals surface area contributed by atoms with Gasteiger partial charge in [0.25, 0.3) is 0 Å². The van der Waals surface area contributed by atoms with Crippen molar-refractivity contribution >= 4 is 17.7 Å². The summed E-state index contributed by atoms with van der Waals surface area (Å²) in [6.07, 6.45) is 2.63. The number of urea groups is 1. The SMILES string of the molecule is CCOCCN(CC)C(=O)Nc1cncc(C(=O)O)c1. The summed E-state index contributed by atoms with van der Waals surface area (Å²) < 4.78 is 5.21. The predicted molar refractivity (Wildman–Crippen MR) is 74.0 cm³/mol. The smallest absolute Gasteiger partial charge is 0.337 e. The van der Waals surface area contributed by atoms with Gasteiger partial charge in [0.1, 0.15) is 0 Å². The molecule has 0 spiro atoms. The van der Waals surface area contributed by atoms with Crippen LogP contribution in [-0.4, -0.2) is 53.3 Å². The number of likely N-dealkylation sites (N-methyl/N-ethyl adjacent to an activating group) is 1. The van der Waals surface area contributed by atoms with Gasteiger partial charge in [-0.2, -0.15) is 0 Å². The number of ether oxygens (including phenoxy) is 1. The maximum absolute atomic E-state index is 12.0. The lowest BCUT2D eigenvalue weighted by atomic mass is 10.2. The number of aromatic carboxylic acids is 1. The Hall–Kier alpha value is -2.15. The summed E-state index contributed by atoms with van der Waals surface area (Å²) in [4.78, 5) is 28.2. The minimum atomic E-state index is -1.09. The summed E-state index contributed by atoms with van der Waals surface area (Å²) in [6.45, 7) is 5.82. The first-order valence-corrected chi connectivity index (χ1v) is 6.40. The monoisotopic (exact) mass is 281 g/mol. The van der Waals surface area contributed by atoms with E-state index in [0.717, 1.165) is 0 Å². The second-order valence-corrected chi connectivity index (χ2v) is 3.97. The summed E-state index contributed by atoms with van der Waals surface area (Å²) in [7, 11) is 0. The molecule has 20 heavy (non-hydrogen) atoms. The first kappa shape index (κ1) is 15.9. The summed E-state index contributed by atoms with van der Waals surface area (Å²) >= 11 is 0. The molecular formula is C13H19N3O4. The average molecular weight is 281 g/mol. The normalized spacial score (nSPS) is 10.1. The van der Waals surface area contributed by atoms with E-state index in [1.807, 2.05) is 13.8 Å². The molecule has 0 bridgehead atoms. The van der Waals surface area contributed by atoms with Crippen LogP contribution in [0.2, 0.25) is 0 Å². The van der Waals surface area contributed by atoms with Crippen molar-refractivity contribution in [2.24, 2.45) is 0 Å². The molecule has 110 valence electrons. The van der Waals surface area contributed by atoms with Gasteiger partial charge >= 0.3 is 12.0 Å². The van der Waals surface area contributed by atoms with Crippen LogP contribution in [0.15, 0.2) is 18.5 Å². The van der Waals surface area contributed by atoms with Gasteiger partial charge in [-0.15, -0.1) is 0 Å². The van der Waals surface area contributed by atoms with Crippen LogP contribution in [0.4, 0.5) is 10.5 Å². The lowest BCUT2D eigenvalue weighted by molar-refractivity contribution is 0.0696. The van der Waals surface area contributed by atoms with Gasteiger partial charge < -0.3 is 20.1 Å². The van der Waals surface area contributed by atoms with Crippen LogP contribution in [0.25, 0.3) is 0 Å². The van der Waals surface area contributed by atoms with Gasteiger partial charge in [0, 0.05) is 25.9 Å². The molecule has 0 fully saturated rings. The van der Waals surface area contributed by atoms with Crippen LogP contribution in [0, 0.1) is 0 Å². The Labute approximate surface area is 117 Å². The Morgan fingerprint density at radius 2 is 2.15 bits per heavy atom. The summed E-state index contributed by atoms with van der Waals surface area (Å²) in [5.74, 6) is -1.09. The third kappa shape index (κ3) is 4.85. The van der Waals surface area contributed by atoms with Gasteiger partial charge in [-0.3, -0.25) is 4.98 Å². The molecule has 7 heteroatoms. The maximum Gasteiger partial charge on any atom is 0.337 e. The highest BCUT2D eigenvalue weighted by Gasteiger charge is 2.12. The minimum Gasteiger partial charge on any atom is -0.478 e. The molecule has 1 aromatic rings. The Morgan fingerprint density at radius 3 is 2.75 bits per heavy atom. The zero-order chi connectivity index (χ0) is 15.0. The van der Waals surface area contributed by atoms with Crippen molar-refractivity contribution in [3.05, 3.63) is 24.0 Å². The number of nitrogens with one attached hydrogen (secondary N) is 1. The second-order valence-electron chi connectivity index (χ2n) is 3.97. The van der Waals surface area contributed by atoms with Crippen molar-refractivity contribution in [2.45, 2.75) is 13.8 Å². The highest BCUT2D eigenvalue weighted by Crippen LogP contribution is 2.09. The number of hydrogen-bond acceptors (Lipinski definition) is 4. The lowest BCUT2D eigenvalue weighted by Gasteiger charge is -2.21. The quantitative estimate of drug-likeness (QED) is 0.742. The first-order chi connectivity index (χ1) is 9.58. The first-order valence-electron chi connectivity index (χ1n) is 6.40. The molecule has 0 aliphatic rings. The standard InChI is InChI=1S/C13H19N3O4/c1-3-16(5-6-20-4-2)13(19)15-11-7-10(12(17)18)8-14-9-11/h7-9H,3-6H2,1-2H3,(H,15,19)(H,17,18). The van der Waals surface area contributed by atoms with E-state index in [1.54, 1.807) is 4.90 Å². The maximum atomic E-state index is 12.0. The van der Waals surface area contributed by atoms with E-state index < -0.39 is 5.97 Å². The van der Waals surface area contributed by atoms with Crippen LogP contribution in [-0.2, 0) is 4.74 Å². The van der Waals surface area contributed by atoms with Gasteiger partial charge in [-0.1, -0.05) is 0 Å². The fourth-order valence-electron chi connectivity index (χ4n) is 1.55. The number of pyridine rings is 1. The summed E-state index contributed by atoms with van der Waals surface area (Å²) in [5.41, 5.74) is 0.380. The zero-order valence-electron chi connectivity index (χ0n) is 11.6. The number of amides is 2. The molecule has 0 saturated heterocycles. The highest BCUT2D eigenvalue weighted by molar-refractivity contribution is 5.92. The summed E-state index contributed by atoms with van der Waals surface area (Å²) in [5, 5.41) is 11.5. The fraction of sp³-hybridized carbons (Fsp3) is 0.462. The molecule has 0 aliphatic heterocycles. The van der Waals surface area contributed by atoms with E-state index >= 15 is 0 Å². The number of rotatable bonds is 7. The molecule has 1 heterocycles. The van der Waals surface area contributed by atoms with Crippen LogP contribution in [0.5, 0.6) is 0 Å². The largest absolute Gasteiger partial charge is 0.478 e. The van der Waals surface area contributed by atoms with Gasteiger partial charge in [0.2, 0.25) is 0 Å². The average Bonchev–Trinajstić information content (AvgIpc) is 2.43. The molecule has 2 amide bonds. The number of carbonyl (C=O) groups excluding carboxylic acids is 1. The molecule has 1 aromatic heterocycles. The zero-order valence-corrected chi connectivity index (χ0v) is 11.6. The van der Waals surface area contributed by atoms with E-state index in [1.165, 1.54) is 18.5 Å². The molecule has 0 atom stereocenters. The number of anilines is 1. The third-order valence-electron chi connectivity index (χ3n) is 2.62. The number of carboxylic acid groups (broad SMARTS) is 1. The Morgan fingerprint density at radius 1 is 1.40 bits per heavy atom. The number of hydrogen-bond donors (Lipinski definition) is 2. The Bertz CT molecular complexity index is 465. The van der Waals surface area contributed by atoms with Gasteiger partial charge in [-0.05, 0) is 19.9 Å². The molecule has 0 saturated carbocycles. The van der Waals surface area contributed by atoms with Gasteiger partial charge in [0.15, 0.2) is 0 Å². The van der Waals surface area contributed by atoms with Crippen molar-refractivity contribution in [1.82, 2.24) is 9.88 Å². The molecule has 1 rings (SSSR count). The molecule has 0 unspecified atom stereocenters. The molecule has 0 aliphatic carbocycles.